The van der Waals surface area contributed by atoms with E-state index < -0.39 is 5.54 Å². The summed E-state index contributed by atoms with van der Waals surface area (Å²) in [4.78, 5) is 14.5. The van der Waals surface area contributed by atoms with Gasteiger partial charge in [-0.05, 0) is 67.0 Å². The molecule has 3 rings (SSSR count). The molecule has 27 heavy (non-hydrogen) atoms. The highest BCUT2D eigenvalue weighted by Crippen LogP contribution is 2.43. The molecular weight excluding hydrogens is 342 g/mol. The number of benzene rings is 1. The van der Waals surface area contributed by atoms with Crippen LogP contribution < -0.4 is 0 Å². The second-order valence-electron chi connectivity index (χ2n) is 7.75. The van der Waals surface area contributed by atoms with Crippen LogP contribution in [0.5, 0.6) is 0 Å². The van der Waals surface area contributed by atoms with Crippen LogP contribution in [0.15, 0.2) is 18.2 Å². The van der Waals surface area contributed by atoms with Crippen molar-refractivity contribution in [3.63, 3.8) is 0 Å². The van der Waals surface area contributed by atoms with Crippen LogP contribution in [0.25, 0.3) is 5.69 Å². The van der Waals surface area contributed by atoms with Crippen molar-refractivity contribution in [2.45, 2.75) is 52.0 Å². The third kappa shape index (κ3) is 3.48. The Labute approximate surface area is 160 Å². The van der Waals surface area contributed by atoms with Crippen molar-refractivity contribution >= 4 is 5.91 Å². The molecule has 1 aliphatic carbocycles. The molecular formula is C20H29N5O2. The Morgan fingerprint density at radius 3 is 2.52 bits per heavy atom. The molecule has 0 unspecified atom stereocenters. The Bertz CT molecular complexity index is 788. The van der Waals surface area contributed by atoms with E-state index in [1.54, 1.807) is 12.0 Å². The van der Waals surface area contributed by atoms with Crippen LogP contribution in [-0.4, -0.2) is 51.8 Å². The summed E-state index contributed by atoms with van der Waals surface area (Å²) in [7, 11) is 3.39. The summed E-state index contributed by atoms with van der Waals surface area (Å²) in [6.07, 6.45) is 3.74. The fraction of sp³-hybridized carbons (Fsp3) is 0.600. The standard InChI is InChI=1S/C20H29N5O2/c1-14-9-11-20(12-10-14,24(4)17(26)13-27-5)19-21-22-23-25(19)18-15(2)7-6-8-16(18)3/h6-8,14H,9-13H2,1-5H3. The number of carbonyl (C=O) groups is 1. The molecule has 2 aromatic rings. The highest BCUT2D eigenvalue weighted by atomic mass is 16.5. The van der Waals surface area contributed by atoms with Gasteiger partial charge in [-0.3, -0.25) is 4.79 Å². The average molecular weight is 371 g/mol. The molecule has 7 nitrogen and oxygen atoms in total. The molecule has 1 fully saturated rings. The van der Waals surface area contributed by atoms with Gasteiger partial charge < -0.3 is 9.64 Å². The van der Waals surface area contributed by atoms with Crippen molar-refractivity contribution in [2.75, 3.05) is 20.8 Å². The Morgan fingerprint density at radius 1 is 1.30 bits per heavy atom. The van der Waals surface area contributed by atoms with Crippen molar-refractivity contribution in [1.29, 1.82) is 0 Å². The van der Waals surface area contributed by atoms with E-state index in [2.05, 4.69) is 48.4 Å². The fourth-order valence-electron chi connectivity index (χ4n) is 4.18. The molecule has 0 bridgehead atoms. The second-order valence-corrected chi connectivity index (χ2v) is 7.75. The number of nitrogens with zero attached hydrogens (tertiary/aromatic N) is 5. The lowest BCUT2D eigenvalue weighted by Crippen LogP contribution is -2.51. The third-order valence-electron chi connectivity index (χ3n) is 5.92. The number of aromatic nitrogens is 4. The predicted octanol–water partition coefficient (Wildman–Crippen LogP) is 2.79. The van der Waals surface area contributed by atoms with E-state index in [-0.39, 0.29) is 12.5 Å². The van der Waals surface area contributed by atoms with E-state index in [4.69, 9.17) is 4.74 Å². The minimum Gasteiger partial charge on any atom is -0.375 e. The van der Waals surface area contributed by atoms with Crippen LogP contribution >= 0.6 is 0 Å². The van der Waals surface area contributed by atoms with Gasteiger partial charge in [-0.25, -0.2) is 0 Å². The minimum absolute atomic E-state index is 0.0527. The zero-order chi connectivity index (χ0) is 19.6. The normalized spacial score (nSPS) is 22.6. The predicted molar refractivity (Wildman–Crippen MR) is 103 cm³/mol. The van der Waals surface area contributed by atoms with Crippen LogP contribution in [0, 0.1) is 19.8 Å². The second kappa shape index (κ2) is 7.76. The molecule has 7 heteroatoms. The number of carbonyl (C=O) groups excluding carboxylic acids is 1. The topological polar surface area (TPSA) is 73.1 Å². The summed E-state index contributed by atoms with van der Waals surface area (Å²) < 4.78 is 6.93. The van der Waals surface area contributed by atoms with Crippen molar-refractivity contribution in [3.8, 4) is 5.69 Å². The van der Waals surface area contributed by atoms with Crippen LogP contribution in [0.4, 0.5) is 0 Å². The summed E-state index contributed by atoms with van der Waals surface area (Å²) in [5.41, 5.74) is 2.67. The van der Waals surface area contributed by atoms with Gasteiger partial charge in [0.15, 0.2) is 5.82 Å². The van der Waals surface area contributed by atoms with Gasteiger partial charge in [-0.1, -0.05) is 25.1 Å². The molecule has 0 atom stereocenters. The molecule has 0 spiro atoms. The third-order valence-corrected chi connectivity index (χ3v) is 5.92. The van der Waals surface area contributed by atoms with E-state index in [1.807, 2.05) is 17.8 Å². The highest BCUT2D eigenvalue weighted by molar-refractivity contribution is 5.78. The Balaban J connectivity index is 2.13. The van der Waals surface area contributed by atoms with Crippen LogP contribution in [0.2, 0.25) is 0 Å². The summed E-state index contributed by atoms with van der Waals surface area (Å²) in [5, 5.41) is 12.7. The summed E-state index contributed by atoms with van der Waals surface area (Å²) in [6.45, 7) is 6.43. The van der Waals surface area contributed by atoms with E-state index in [0.29, 0.717) is 5.92 Å². The first-order chi connectivity index (χ1) is 12.9. The number of hydrogen-bond donors (Lipinski definition) is 0. The van der Waals surface area contributed by atoms with Gasteiger partial charge in [0.05, 0.1) is 5.69 Å². The number of aryl methyl sites for hydroxylation is 2. The number of hydrogen-bond acceptors (Lipinski definition) is 5. The van der Waals surface area contributed by atoms with Gasteiger partial charge >= 0.3 is 0 Å². The van der Waals surface area contributed by atoms with Crippen LogP contribution in [0.3, 0.4) is 0 Å². The Hall–Kier alpha value is -2.28. The SMILES string of the molecule is COCC(=O)N(C)C1(c2nnnn2-c2c(C)cccc2C)CCC(C)CC1. The molecule has 1 heterocycles. The number of para-hydroxylation sites is 1. The summed E-state index contributed by atoms with van der Waals surface area (Å²) >= 11 is 0. The van der Waals surface area contributed by atoms with Gasteiger partial charge in [0.25, 0.3) is 0 Å². The van der Waals surface area contributed by atoms with Gasteiger partial charge in [0.1, 0.15) is 12.1 Å². The number of ether oxygens (including phenoxy) is 1. The van der Waals surface area contributed by atoms with Crippen molar-refractivity contribution in [2.24, 2.45) is 5.92 Å². The molecule has 146 valence electrons. The first kappa shape index (κ1) is 19.5. The lowest BCUT2D eigenvalue weighted by Gasteiger charge is -2.44. The quantitative estimate of drug-likeness (QED) is 0.808. The summed E-state index contributed by atoms with van der Waals surface area (Å²) in [6, 6.07) is 6.15. The van der Waals surface area contributed by atoms with E-state index in [9.17, 15) is 4.79 Å². The molecule has 1 aliphatic rings. The number of methoxy groups -OCH3 is 1. The fourth-order valence-corrected chi connectivity index (χ4v) is 4.18. The highest BCUT2D eigenvalue weighted by Gasteiger charge is 2.46. The van der Waals surface area contributed by atoms with Gasteiger partial charge in [0, 0.05) is 14.2 Å². The smallest absolute Gasteiger partial charge is 0.249 e. The van der Waals surface area contributed by atoms with E-state index in [0.717, 1.165) is 48.3 Å². The molecule has 1 aromatic carbocycles. The number of amides is 1. The maximum atomic E-state index is 12.7. The Morgan fingerprint density at radius 2 is 1.93 bits per heavy atom. The van der Waals surface area contributed by atoms with Crippen molar-refractivity contribution < 1.29 is 9.53 Å². The van der Waals surface area contributed by atoms with E-state index in [1.165, 1.54) is 0 Å². The van der Waals surface area contributed by atoms with Crippen LogP contribution in [-0.2, 0) is 15.1 Å². The summed E-state index contributed by atoms with van der Waals surface area (Å²) in [5.74, 6) is 1.32. The minimum atomic E-state index is -0.527. The van der Waals surface area contributed by atoms with Gasteiger partial charge in [-0.15, -0.1) is 5.10 Å². The lowest BCUT2D eigenvalue weighted by molar-refractivity contribution is -0.142. The number of likely N-dealkylation sites (N-methyl/N-ethyl adjacent to an activating group) is 1. The maximum absolute atomic E-state index is 12.7. The zero-order valence-corrected chi connectivity index (χ0v) is 16.9. The maximum Gasteiger partial charge on any atom is 0.249 e. The molecule has 0 aliphatic heterocycles. The van der Waals surface area contributed by atoms with Crippen molar-refractivity contribution in [1.82, 2.24) is 25.1 Å². The van der Waals surface area contributed by atoms with Crippen molar-refractivity contribution in [3.05, 3.63) is 35.2 Å². The largest absolute Gasteiger partial charge is 0.375 e. The molecule has 1 amide bonds. The molecule has 0 radical (unpaired) electrons. The molecule has 0 saturated heterocycles. The van der Waals surface area contributed by atoms with Gasteiger partial charge in [-0.2, -0.15) is 4.68 Å². The molecule has 1 saturated carbocycles. The first-order valence-electron chi connectivity index (χ1n) is 9.51. The Kier molecular flexibility index (Phi) is 5.60. The number of tetrazole rings is 1. The molecule has 1 aromatic heterocycles. The van der Waals surface area contributed by atoms with Crippen LogP contribution in [0.1, 0.15) is 49.6 Å². The van der Waals surface area contributed by atoms with E-state index >= 15 is 0 Å². The average Bonchev–Trinajstić information content (AvgIpc) is 3.12. The monoisotopic (exact) mass is 371 g/mol. The van der Waals surface area contributed by atoms with Gasteiger partial charge in [0.2, 0.25) is 5.91 Å². The zero-order valence-electron chi connectivity index (χ0n) is 16.9. The number of rotatable bonds is 5. The first-order valence-corrected chi connectivity index (χ1v) is 9.51. The molecule has 0 N–H and O–H groups in total. The lowest BCUT2D eigenvalue weighted by atomic mass is 9.75.